The zero-order valence-electron chi connectivity index (χ0n) is 9.56. The van der Waals surface area contributed by atoms with Crippen molar-refractivity contribution >= 4 is 17.3 Å². The molecule has 1 N–H and O–H groups in total. The van der Waals surface area contributed by atoms with Gasteiger partial charge in [-0.3, -0.25) is 0 Å². The Balaban J connectivity index is 2.52. The third-order valence-electron chi connectivity index (χ3n) is 2.50. The van der Waals surface area contributed by atoms with Crippen LogP contribution in [0.4, 0.5) is 0 Å². The van der Waals surface area contributed by atoms with Gasteiger partial charge in [0.25, 0.3) is 0 Å². The number of benzene rings is 1. The van der Waals surface area contributed by atoms with E-state index in [1.807, 2.05) is 31.2 Å². The fraction of sp³-hybridized carbons (Fsp3) is 0.154. The number of carboxylic acid groups (broad SMARTS) is 1. The maximum Gasteiger partial charge on any atom is 0.345 e. The van der Waals surface area contributed by atoms with Crippen LogP contribution in [0.25, 0.3) is 10.4 Å². The van der Waals surface area contributed by atoms with Gasteiger partial charge in [-0.2, -0.15) is 0 Å². The Morgan fingerprint density at radius 2 is 2.06 bits per heavy atom. The summed E-state index contributed by atoms with van der Waals surface area (Å²) in [5.41, 5.74) is 1.97. The summed E-state index contributed by atoms with van der Waals surface area (Å²) in [6.45, 7) is 1.97. The minimum absolute atomic E-state index is 0.337. The zero-order valence-corrected chi connectivity index (χ0v) is 10.4. The van der Waals surface area contributed by atoms with Crippen LogP contribution in [0.1, 0.15) is 15.2 Å². The smallest absolute Gasteiger partial charge is 0.345 e. The molecule has 1 aromatic carbocycles. The summed E-state index contributed by atoms with van der Waals surface area (Å²) in [5, 5.41) is 8.91. The molecule has 0 saturated heterocycles. The number of hydrogen-bond donors (Lipinski definition) is 1. The van der Waals surface area contributed by atoms with Crippen LogP contribution in [0.2, 0.25) is 0 Å². The van der Waals surface area contributed by atoms with E-state index >= 15 is 0 Å². The van der Waals surface area contributed by atoms with Crippen molar-refractivity contribution in [1.29, 1.82) is 0 Å². The van der Waals surface area contributed by atoms with Crippen molar-refractivity contribution in [3.05, 3.63) is 40.8 Å². The SMILES string of the molecule is COc1c(C)cccc1-c1ccc(C(=O)O)s1. The number of carbonyl (C=O) groups is 1. The number of aryl methyl sites for hydroxylation is 1. The average molecular weight is 248 g/mol. The van der Waals surface area contributed by atoms with E-state index in [1.54, 1.807) is 13.2 Å². The van der Waals surface area contributed by atoms with Crippen LogP contribution in [0.3, 0.4) is 0 Å². The van der Waals surface area contributed by atoms with Crippen LogP contribution in [0, 0.1) is 6.92 Å². The summed E-state index contributed by atoms with van der Waals surface area (Å²) < 4.78 is 5.36. The molecule has 0 aliphatic rings. The molecule has 1 heterocycles. The summed E-state index contributed by atoms with van der Waals surface area (Å²) in [4.78, 5) is 12.1. The normalized spacial score (nSPS) is 10.2. The number of methoxy groups -OCH3 is 1. The topological polar surface area (TPSA) is 46.5 Å². The maximum absolute atomic E-state index is 10.8. The lowest BCUT2D eigenvalue weighted by Gasteiger charge is -2.09. The van der Waals surface area contributed by atoms with E-state index in [0.717, 1.165) is 21.8 Å². The quantitative estimate of drug-likeness (QED) is 0.905. The largest absolute Gasteiger partial charge is 0.496 e. The van der Waals surface area contributed by atoms with Gasteiger partial charge in [-0.1, -0.05) is 12.1 Å². The third-order valence-corrected chi connectivity index (χ3v) is 3.60. The number of thiophene rings is 1. The van der Waals surface area contributed by atoms with Crippen molar-refractivity contribution in [2.24, 2.45) is 0 Å². The molecule has 0 amide bonds. The molecule has 0 bridgehead atoms. The number of para-hydroxylation sites is 1. The molecule has 3 nitrogen and oxygen atoms in total. The fourth-order valence-electron chi connectivity index (χ4n) is 1.72. The van der Waals surface area contributed by atoms with Gasteiger partial charge in [0, 0.05) is 10.4 Å². The summed E-state index contributed by atoms with van der Waals surface area (Å²) in [6, 6.07) is 9.26. The molecule has 1 aromatic heterocycles. The van der Waals surface area contributed by atoms with E-state index in [0.29, 0.717) is 4.88 Å². The highest BCUT2D eigenvalue weighted by atomic mass is 32.1. The van der Waals surface area contributed by atoms with Gasteiger partial charge in [0.05, 0.1) is 7.11 Å². The van der Waals surface area contributed by atoms with Gasteiger partial charge >= 0.3 is 5.97 Å². The van der Waals surface area contributed by atoms with E-state index in [1.165, 1.54) is 11.3 Å². The van der Waals surface area contributed by atoms with Crippen molar-refractivity contribution in [3.8, 4) is 16.2 Å². The van der Waals surface area contributed by atoms with Gasteiger partial charge in [0.15, 0.2) is 0 Å². The molecule has 17 heavy (non-hydrogen) atoms. The van der Waals surface area contributed by atoms with E-state index in [9.17, 15) is 4.79 Å². The molecule has 0 aliphatic heterocycles. The van der Waals surface area contributed by atoms with Crippen LogP contribution in [-0.2, 0) is 0 Å². The average Bonchev–Trinajstić information content (AvgIpc) is 2.77. The molecule has 0 spiro atoms. The summed E-state index contributed by atoms with van der Waals surface area (Å²) in [6.07, 6.45) is 0. The molecule has 0 atom stereocenters. The van der Waals surface area contributed by atoms with E-state index in [2.05, 4.69) is 0 Å². The van der Waals surface area contributed by atoms with Gasteiger partial charge < -0.3 is 9.84 Å². The second kappa shape index (κ2) is 4.59. The van der Waals surface area contributed by atoms with Crippen LogP contribution < -0.4 is 4.74 Å². The lowest BCUT2D eigenvalue weighted by atomic mass is 10.1. The van der Waals surface area contributed by atoms with Crippen LogP contribution in [0.5, 0.6) is 5.75 Å². The van der Waals surface area contributed by atoms with Crippen LogP contribution >= 0.6 is 11.3 Å². The predicted molar refractivity (Wildman–Crippen MR) is 68.0 cm³/mol. The minimum Gasteiger partial charge on any atom is -0.496 e. The summed E-state index contributed by atoms with van der Waals surface area (Å²) >= 11 is 1.25. The van der Waals surface area contributed by atoms with Crippen molar-refractivity contribution in [1.82, 2.24) is 0 Å². The first-order chi connectivity index (χ1) is 8.13. The highest BCUT2D eigenvalue weighted by molar-refractivity contribution is 7.17. The first-order valence-corrected chi connectivity index (χ1v) is 5.92. The van der Waals surface area contributed by atoms with Gasteiger partial charge in [-0.15, -0.1) is 11.3 Å². The first-order valence-electron chi connectivity index (χ1n) is 5.10. The molecular weight excluding hydrogens is 236 g/mol. The highest BCUT2D eigenvalue weighted by Crippen LogP contribution is 2.36. The molecule has 2 aromatic rings. The second-order valence-corrected chi connectivity index (χ2v) is 4.71. The Kier molecular flexibility index (Phi) is 3.15. The highest BCUT2D eigenvalue weighted by Gasteiger charge is 2.12. The molecule has 0 saturated carbocycles. The fourth-order valence-corrected chi connectivity index (χ4v) is 2.58. The molecule has 0 aliphatic carbocycles. The lowest BCUT2D eigenvalue weighted by molar-refractivity contribution is 0.0702. The van der Waals surface area contributed by atoms with Gasteiger partial charge in [-0.05, 0) is 30.7 Å². The molecule has 0 fully saturated rings. The van der Waals surface area contributed by atoms with Gasteiger partial charge in [0.1, 0.15) is 10.6 Å². The molecule has 0 unspecified atom stereocenters. The van der Waals surface area contributed by atoms with E-state index in [4.69, 9.17) is 9.84 Å². The molecule has 0 radical (unpaired) electrons. The standard InChI is InChI=1S/C13H12O3S/c1-8-4-3-5-9(12(8)16-2)10-6-7-11(17-10)13(14)15/h3-7H,1-2H3,(H,14,15). The Hall–Kier alpha value is -1.81. The molecule has 2 rings (SSSR count). The Morgan fingerprint density at radius 1 is 1.29 bits per heavy atom. The van der Waals surface area contributed by atoms with E-state index in [-0.39, 0.29) is 0 Å². The second-order valence-electron chi connectivity index (χ2n) is 3.62. The van der Waals surface area contributed by atoms with E-state index < -0.39 is 5.97 Å². The molecule has 88 valence electrons. The summed E-state index contributed by atoms with van der Waals surface area (Å²) in [7, 11) is 1.62. The molecular formula is C13H12O3S. The number of hydrogen-bond acceptors (Lipinski definition) is 3. The Bertz CT molecular complexity index is 558. The maximum atomic E-state index is 10.8. The Labute approximate surface area is 103 Å². The van der Waals surface area contributed by atoms with Crippen LogP contribution in [0.15, 0.2) is 30.3 Å². The van der Waals surface area contributed by atoms with Crippen molar-refractivity contribution in [2.45, 2.75) is 6.92 Å². The number of ether oxygens (including phenoxy) is 1. The lowest BCUT2D eigenvalue weighted by Crippen LogP contribution is -1.90. The zero-order chi connectivity index (χ0) is 12.4. The van der Waals surface area contributed by atoms with Crippen molar-refractivity contribution < 1.29 is 14.6 Å². The Morgan fingerprint density at radius 3 is 2.65 bits per heavy atom. The van der Waals surface area contributed by atoms with Gasteiger partial charge in [0.2, 0.25) is 0 Å². The van der Waals surface area contributed by atoms with Gasteiger partial charge in [-0.25, -0.2) is 4.79 Å². The van der Waals surface area contributed by atoms with Crippen molar-refractivity contribution in [2.75, 3.05) is 7.11 Å². The predicted octanol–water partition coefficient (Wildman–Crippen LogP) is 3.43. The first kappa shape index (κ1) is 11.7. The number of rotatable bonds is 3. The number of carboxylic acids is 1. The summed E-state index contributed by atoms with van der Waals surface area (Å²) in [5.74, 6) is -0.0980. The van der Waals surface area contributed by atoms with Crippen LogP contribution in [-0.4, -0.2) is 18.2 Å². The molecule has 4 heteroatoms. The minimum atomic E-state index is -0.895. The third kappa shape index (κ3) is 2.17. The monoisotopic (exact) mass is 248 g/mol. The number of aromatic carboxylic acids is 1. The van der Waals surface area contributed by atoms with Crippen molar-refractivity contribution in [3.63, 3.8) is 0 Å².